The van der Waals surface area contributed by atoms with Crippen LogP contribution in [0.2, 0.25) is 0 Å². The van der Waals surface area contributed by atoms with Crippen molar-refractivity contribution < 1.29 is 9.66 Å². The van der Waals surface area contributed by atoms with Crippen molar-refractivity contribution >= 4 is 29.1 Å². The van der Waals surface area contributed by atoms with Gasteiger partial charge in [-0.3, -0.25) is 10.1 Å². The third-order valence-corrected chi connectivity index (χ3v) is 3.66. The fourth-order valence-electron chi connectivity index (χ4n) is 1.52. The third kappa shape index (κ3) is 5.70. The van der Waals surface area contributed by atoms with Gasteiger partial charge in [0.05, 0.1) is 17.1 Å². The minimum Gasteiger partial charge on any atom is -0.491 e. The van der Waals surface area contributed by atoms with Gasteiger partial charge in [-0.15, -0.1) is 23.4 Å². The lowest BCUT2D eigenvalue weighted by molar-refractivity contribution is -0.385. The smallest absolute Gasteiger partial charge is 0.274 e. The number of alkyl halides is 1. The molecular weight excluding hydrogens is 286 g/mol. The largest absolute Gasteiger partial charge is 0.491 e. The molecule has 0 N–H and O–H groups in total. The number of rotatable bonds is 7. The topological polar surface area (TPSA) is 52.4 Å². The Balaban J connectivity index is 2.95. The van der Waals surface area contributed by atoms with E-state index in [1.54, 1.807) is 17.8 Å². The highest BCUT2D eigenvalue weighted by Crippen LogP contribution is 2.32. The number of thioether (sulfide) groups is 1. The van der Waals surface area contributed by atoms with E-state index in [-0.39, 0.29) is 11.8 Å². The summed E-state index contributed by atoms with van der Waals surface area (Å²) in [5.41, 5.74) is 0.0544. The van der Waals surface area contributed by atoms with E-state index in [1.807, 2.05) is 19.9 Å². The van der Waals surface area contributed by atoms with Crippen molar-refractivity contribution in [1.82, 2.24) is 0 Å². The Kier molecular flexibility index (Phi) is 6.45. The standard InChI is InChI=1S/C13H18ClNO3S/c1-9(2)18-12-6-11(15(16)17)7-13(8-12)19-10(3)4-5-14/h6-10H,4-5H2,1-3H3. The van der Waals surface area contributed by atoms with Crippen LogP contribution in [0.15, 0.2) is 23.1 Å². The number of benzene rings is 1. The average Bonchev–Trinajstić information content (AvgIpc) is 2.27. The summed E-state index contributed by atoms with van der Waals surface area (Å²) in [6, 6.07) is 4.86. The minimum absolute atomic E-state index is 0.0138. The second-order valence-corrected chi connectivity index (χ2v) is 6.38. The normalized spacial score (nSPS) is 12.5. The molecule has 1 unspecified atom stereocenters. The molecule has 0 saturated carbocycles. The quantitative estimate of drug-likeness (QED) is 0.322. The van der Waals surface area contributed by atoms with Crippen molar-refractivity contribution in [3.05, 3.63) is 28.3 Å². The molecule has 0 spiro atoms. The molecule has 0 aromatic heterocycles. The predicted molar refractivity (Wildman–Crippen MR) is 79.5 cm³/mol. The van der Waals surface area contributed by atoms with Crippen molar-refractivity contribution in [2.75, 3.05) is 5.88 Å². The first-order valence-electron chi connectivity index (χ1n) is 6.11. The molecule has 0 heterocycles. The van der Waals surface area contributed by atoms with Crippen LogP contribution >= 0.6 is 23.4 Å². The van der Waals surface area contributed by atoms with Crippen LogP contribution in [-0.4, -0.2) is 22.2 Å². The predicted octanol–water partition coefficient (Wildman–Crippen LogP) is 4.49. The lowest BCUT2D eigenvalue weighted by Gasteiger charge is -2.13. The molecular formula is C13H18ClNO3S. The van der Waals surface area contributed by atoms with Crippen LogP contribution in [0.25, 0.3) is 0 Å². The van der Waals surface area contributed by atoms with Crippen LogP contribution in [-0.2, 0) is 0 Å². The molecule has 0 saturated heterocycles. The molecule has 0 fully saturated rings. The summed E-state index contributed by atoms with van der Waals surface area (Å²) in [6.45, 7) is 5.83. The molecule has 0 aliphatic rings. The maximum atomic E-state index is 10.9. The molecule has 4 nitrogen and oxygen atoms in total. The second-order valence-electron chi connectivity index (χ2n) is 4.49. The Bertz CT molecular complexity index is 440. The van der Waals surface area contributed by atoms with Gasteiger partial charge in [-0.25, -0.2) is 0 Å². The molecule has 19 heavy (non-hydrogen) atoms. The van der Waals surface area contributed by atoms with Crippen molar-refractivity contribution in [2.45, 2.75) is 43.4 Å². The van der Waals surface area contributed by atoms with Gasteiger partial charge >= 0.3 is 0 Å². The first kappa shape index (κ1) is 16.1. The van der Waals surface area contributed by atoms with Gasteiger partial charge in [0.25, 0.3) is 5.69 Å². The number of nitro groups is 1. The fourth-order valence-corrected chi connectivity index (χ4v) is 3.05. The first-order chi connectivity index (χ1) is 8.92. The molecule has 0 aliphatic carbocycles. The molecule has 1 rings (SSSR count). The number of hydrogen-bond donors (Lipinski definition) is 0. The molecule has 106 valence electrons. The zero-order chi connectivity index (χ0) is 14.4. The summed E-state index contributed by atoms with van der Waals surface area (Å²) in [5.74, 6) is 1.11. The van der Waals surface area contributed by atoms with Crippen LogP contribution in [0.1, 0.15) is 27.2 Å². The monoisotopic (exact) mass is 303 g/mol. The maximum absolute atomic E-state index is 10.9. The van der Waals surface area contributed by atoms with Crippen LogP contribution in [0.4, 0.5) is 5.69 Å². The Labute approximate surface area is 122 Å². The zero-order valence-electron chi connectivity index (χ0n) is 11.3. The van der Waals surface area contributed by atoms with Gasteiger partial charge < -0.3 is 4.74 Å². The Hall–Kier alpha value is -0.940. The highest BCUT2D eigenvalue weighted by molar-refractivity contribution is 8.00. The summed E-state index contributed by atoms with van der Waals surface area (Å²) in [6.07, 6.45) is 0.843. The van der Waals surface area contributed by atoms with Gasteiger partial charge in [-0.1, -0.05) is 6.92 Å². The summed E-state index contributed by atoms with van der Waals surface area (Å²) < 4.78 is 5.54. The average molecular weight is 304 g/mol. The second kappa shape index (κ2) is 7.60. The fraction of sp³-hybridized carbons (Fsp3) is 0.538. The number of hydrogen-bond acceptors (Lipinski definition) is 4. The van der Waals surface area contributed by atoms with E-state index in [0.29, 0.717) is 16.9 Å². The summed E-state index contributed by atoms with van der Waals surface area (Å²) in [7, 11) is 0. The van der Waals surface area contributed by atoms with Gasteiger partial charge in [-0.2, -0.15) is 0 Å². The number of nitrogens with zero attached hydrogens (tertiary/aromatic N) is 1. The number of nitro benzene ring substituents is 1. The highest BCUT2D eigenvalue weighted by atomic mass is 35.5. The van der Waals surface area contributed by atoms with E-state index in [0.717, 1.165) is 11.3 Å². The molecule has 1 atom stereocenters. The van der Waals surface area contributed by atoms with Gasteiger partial charge in [0.15, 0.2) is 0 Å². The van der Waals surface area contributed by atoms with Gasteiger partial charge in [0.1, 0.15) is 5.75 Å². The molecule has 0 amide bonds. The SMILES string of the molecule is CC(C)Oc1cc(SC(C)CCCl)cc([N+](=O)[O-])c1. The van der Waals surface area contributed by atoms with E-state index >= 15 is 0 Å². The molecule has 0 aliphatic heterocycles. The maximum Gasteiger partial charge on any atom is 0.274 e. The van der Waals surface area contributed by atoms with Gasteiger partial charge in [-0.05, 0) is 26.3 Å². The van der Waals surface area contributed by atoms with Crippen LogP contribution in [0.3, 0.4) is 0 Å². The lowest BCUT2D eigenvalue weighted by atomic mass is 10.3. The highest BCUT2D eigenvalue weighted by Gasteiger charge is 2.13. The van der Waals surface area contributed by atoms with Gasteiger partial charge in [0, 0.05) is 22.1 Å². The third-order valence-electron chi connectivity index (χ3n) is 2.30. The van der Waals surface area contributed by atoms with Crippen molar-refractivity contribution in [3.63, 3.8) is 0 Å². The molecule has 6 heteroatoms. The van der Waals surface area contributed by atoms with E-state index < -0.39 is 4.92 Å². The number of non-ortho nitro benzene ring substituents is 1. The number of halogens is 1. The van der Waals surface area contributed by atoms with E-state index in [4.69, 9.17) is 16.3 Å². The molecule has 0 radical (unpaired) electrons. The Morgan fingerprint density at radius 3 is 2.58 bits per heavy atom. The van der Waals surface area contributed by atoms with Crippen molar-refractivity contribution in [2.24, 2.45) is 0 Å². The Morgan fingerprint density at radius 2 is 2.05 bits per heavy atom. The molecule has 1 aromatic rings. The van der Waals surface area contributed by atoms with Crippen molar-refractivity contribution in [1.29, 1.82) is 0 Å². The zero-order valence-corrected chi connectivity index (χ0v) is 12.8. The van der Waals surface area contributed by atoms with Crippen LogP contribution < -0.4 is 4.74 Å². The van der Waals surface area contributed by atoms with Gasteiger partial charge in [0.2, 0.25) is 0 Å². The van der Waals surface area contributed by atoms with Crippen LogP contribution in [0.5, 0.6) is 5.75 Å². The van der Waals surface area contributed by atoms with E-state index in [1.165, 1.54) is 6.07 Å². The summed E-state index contributed by atoms with van der Waals surface area (Å²) >= 11 is 7.27. The number of ether oxygens (including phenoxy) is 1. The minimum atomic E-state index is -0.399. The lowest BCUT2D eigenvalue weighted by Crippen LogP contribution is -2.06. The Morgan fingerprint density at radius 1 is 1.37 bits per heavy atom. The summed E-state index contributed by atoms with van der Waals surface area (Å²) in [4.78, 5) is 11.4. The summed E-state index contributed by atoms with van der Waals surface area (Å²) in [5, 5.41) is 11.2. The van der Waals surface area contributed by atoms with E-state index in [9.17, 15) is 10.1 Å². The van der Waals surface area contributed by atoms with Crippen LogP contribution in [0, 0.1) is 10.1 Å². The molecule has 0 bridgehead atoms. The van der Waals surface area contributed by atoms with E-state index in [2.05, 4.69) is 6.92 Å². The first-order valence-corrected chi connectivity index (χ1v) is 7.52. The molecule has 1 aromatic carbocycles. The van der Waals surface area contributed by atoms with Crippen molar-refractivity contribution in [3.8, 4) is 5.75 Å².